The predicted octanol–water partition coefficient (Wildman–Crippen LogP) is 0.449. The lowest BCUT2D eigenvalue weighted by molar-refractivity contribution is 0.550. The maximum Gasteiger partial charge on any atom is 0.0533 e. The smallest absolute Gasteiger partial charge is 0.0533 e. The van der Waals surface area contributed by atoms with Crippen LogP contribution in [-0.4, -0.2) is 32.7 Å². The Labute approximate surface area is 95.1 Å². The van der Waals surface area contributed by atoms with Gasteiger partial charge < -0.3 is 5.32 Å². The van der Waals surface area contributed by atoms with Crippen LogP contribution < -0.4 is 5.32 Å². The monoisotopic (exact) mass is 219 g/mol. The number of aryl methyl sites for hydroxylation is 1. The van der Waals surface area contributed by atoms with Crippen LogP contribution in [0.25, 0.3) is 0 Å². The zero-order valence-corrected chi connectivity index (χ0v) is 9.50. The summed E-state index contributed by atoms with van der Waals surface area (Å²) in [6.07, 6.45) is 6.62. The van der Waals surface area contributed by atoms with E-state index in [0.29, 0.717) is 0 Å². The molecule has 5 heteroatoms. The van der Waals surface area contributed by atoms with Crippen LogP contribution in [0.15, 0.2) is 30.7 Å². The van der Waals surface area contributed by atoms with Crippen LogP contribution in [-0.2, 0) is 20.0 Å². The van der Waals surface area contributed by atoms with E-state index >= 15 is 0 Å². The molecule has 0 aliphatic rings. The molecule has 86 valence electrons. The Morgan fingerprint density at radius 1 is 1.25 bits per heavy atom. The van der Waals surface area contributed by atoms with Crippen LogP contribution in [0.5, 0.6) is 0 Å². The zero-order valence-electron chi connectivity index (χ0n) is 9.50. The van der Waals surface area contributed by atoms with E-state index in [1.54, 1.807) is 6.20 Å². The second-order valence-electron chi connectivity index (χ2n) is 3.72. The van der Waals surface area contributed by atoms with Gasteiger partial charge >= 0.3 is 0 Å². The van der Waals surface area contributed by atoms with Gasteiger partial charge in [-0.2, -0.15) is 10.2 Å². The Bertz CT molecular complexity index is 404. The summed E-state index contributed by atoms with van der Waals surface area (Å²) in [4.78, 5) is 0. The van der Waals surface area contributed by atoms with E-state index in [9.17, 15) is 0 Å². The highest BCUT2D eigenvalue weighted by Gasteiger charge is 1.97. The van der Waals surface area contributed by atoms with Crippen molar-refractivity contribution in [1.82, 2.24) is 24.9 Å². The molecule has 16 heavy (non-hydrogen) atoms. The fourth-order valence-corrected chi connectivity index (χ4v) is 1.61. The molecule has 0 saturated carbocycles. The topological polar surface area (TPSA) is 47.7 Å². The average Bonchev–Trinajstić information content (AvgIpc) is 2.90. The maximum absolute atomic E-state index is 4.14. The molecule has 2 heterocycles. The predicted molar refractivity (Wildman–Crippen MR) is 62.0 cm³/mol. The highest BCUT2D eigenvalue weighted by atomic mass is 15.3. The Kier molecular flexibility index (Phi) is 3.71. The summed E-state index contributed by atoms with van der Waals surface area (Å²) >= 11 is 0. The van der Waals surface area contributed by atoms with Crippen LogP contribution in [0.2, 0.25) is 0 Å². The summed E-state index contributed by atoms with van der Waals surface area (Å²) in [5.41, 5.74) is 1.26. The number of hydrogen-bond donors (Lipinski definition) is 1. The summed E-state index contributed by atoms with van der Waals surface area (Å²) in [6, 6.07) is 3.99. The van der Waals surface area contributed by atoms with Crippen molar-refractivity contribution < 1.29 is 0 Å². The maximum atomic E-state index is 4.14. The van der Waals surface area contributed by atoms with Crippen LogP contribution >= 0.6 is 0 Å². The van der Waals surface area contributed by atoms with Crippen LogP contribution in [0.1, 0.15) is 5.69 Å². The third-order valence-electron chi connectivity index (χ3n) is 2.56. The van der Waals surface area contributed by atoms with E-state index < -0.39 is 0 Å². The molecule has 0 aromatic carbocycles. The van der Waals surface area contributed by atoms with E-state index in [2.05, 4.69) is 21.6 Å². The second-order valence-corrected chi connectivity index (χ2v) is 3.72. The summed E-state index contributed by atoms with van der Waals surface area (Å²) in [6.45, 7) is 2.83. The van der Waals surface area contributed by atoms with E-state index in [1.165, 1.54) is 5.69 Å². The molecule has 0 fully saturated rings. The number of nitrogens with one attached hydrogen (secondary N) is 1. The lowest BCUT2D eigenvalue weighted by Crippen LogP contribution is -2.23. The minimum absolute atomic E-state index is 0.915. The van der Waals surface area contributed by atoms with Gasteiger partial charge in [-0.1, -0.05) is 0 Å². The van der Waals surface area contributed by atoms with Gasteiger partial charge in [0.25, 0.3) is 0 Å². The van der Waals surface area contributed by atoms with Crippen molar-refractivity contribution in [3.63, 3.8) is 0 Å². The number of hydrogen-bond acceptors (Lipinski definition) is 3. The summed E-state index contributed by atoms with van der Waals surface area (Å²) < 4.78 is 3.84. The first-order valence-electron chi connectivity index (χ1n) is 5.51. The normalized spacial score (nSPS) is 10.8. The lowest BCUT2D eigenvalue weighted by Gasteiger charge is -2.05. The van der Waals surface area contributed by atoms with Gasteiger partial charge in [-0.05, 0) is 12.1 Å². The van der Waals surface area contributed by atoms with Crippen molar-refractivity contribution in [3.8, 4) is 0 Å². The minimum atomic E-state index is 0.915. The van der Waals surface area contributed by atoms with Gasteiger partial charge in [0.05, 0.1) is 6.54 Å². The van der Waals surface area contributed by atoms with E-state index in [1.807, 2.05) is 34.9 Å². The van der Waals surface area contributed by atoms with Crippen molar-refractivity contribution in [3.05, 3.63) is 36.4 Å². The van der Waals surface area contributed by atoms with Gasteiger partial charge in [0.15, 0.2) is 0 Å². The van der Waals surface area contributed by atoms with Crippen molar-refractivity contribution in [2.45, 2.75) is 13.0 Å². The van der Waals surface area contributed by atoms with E-state index in [0.717, 1.165) is 26.1 Å². The van der Waals surface area contributed by atoms with Crippen molar-refractivity contribution in [1.29, 1.82) is 0 Å². The van der Waals surface area contributed by atoms with E-state index in [4.69, 9.17) is 0 Å². The van der Waals surface area contributed by atoms with Gasteiger partial charge in [0.1, 0.15) is 0 Å². The Balaban J connectivity index is 1.61. The first-order valence-corrected chi connectivity index (χ1v) is 5.51. The number of aromatic nitrogens is 4. The van der Waals surface area contributed by atoms with Crippen molar-refractivity contribution in [2.75, 3.05) is 13.1 Å². The van der Waals surface area contributed by atoms with Crippen molar-refractivity contribution in [2.24, 2.45) is 7.05 Å². The lowest BCUT2D eigenvalue weighted by atomic mass is 10.3. The van der Waals surface area contributed by atoms with Gasteiger partial charge in [-0.15, -0.1) is 0 Å². The van der Waals surface area contributed by atoms with E-state index in [-0.39, 0.29) is 0 Å². The average molecular weight is 219 g/mol. The standard InChI is InChI=1S/C11H17N5/c1-15-11(4-7-13-15)3-6-12-8-10-16-9-2-5-14-16/h2,4-5,7,9,12H,3,6,8,10H2,1H3. The van der Waals surface area contributed by atoms with Gasteiger partial charge in [-0.25, -0.2) is 0 Å². The molecule has 2 aromatic heterocycles. The Morgan fingerprint density at radius 2 is 2.19 bits per heavy atom. The number of rotatable bonds is 6. The molecule has 0 unspecified atom stereocenters. The van der Waals surface area contributed by atoms with Gasteiger partial charge in [0, 0.05) is 50.8 Å². The molecular weight excluding hydrogens is 202 g/mol. The minimum Gasteiger partial charge on any atom is -0.315 e. The first kappa shape index (κ1) is 10.9. The molecule has 2 rings (SSSR count). The summed E-state index contributed by atoms with van der Waals surface area (Å²) in [5, 5.41) is 11.7. The molecule has 0 bridgehead atoms. The molecule has 0 atom stereocenters. The molecule has 2 aromatic rings. The Hall–Kier alpha value is -1.62. The molecule has 0 aliphatic carbocycles. The fourth-order valence-electron chi connectivity index (χ4n) is 1.61. The second kappa shape index (κ2) is 5.46. The van der Waals surface area contributed by atoms with Crippen LogP contribution in [0.4, 0.5) is 0 Å². The SMILES string of the molecule is Cn1nccc1CCNCCn1cccn1. The highest BCUT2D eigenvalue weighted by Crippen LogP contribution is 1.95. The Morgan fingerprint density at radius 3 is 2.88 bits per heavy atom. The quantitative estimate of drug-likeness (QED) is 0.718. The summed E-state index contributed by atoms with van der Waals surface area (Å²) in [7, 11) is 1.97. The molecular formula is C11H17N5. The fraction of sp³-hybridized carbons (Fsp3) is 0.455. The largest absolute Gasteiger partial charge is 0.315 e. The molecule has 0 spiro atoms. The van der Waals surface area contributed by atoms with Crippen LogP contribution in [0.3, 0.4) is 0 Å². The molecule has 0 amide bonds. The van der Waals surface area contributed by atoms with Gasteiger partial charge in [0.2, 0.25) is 0 Å². The van der Waals surface area contributed by atoms with Gasteiger partial charge in [-0.3, -0.25) is 9.36 Å². The van der Waals surface area contributed by atoms with Crippen LogP contribution in [0, 0.1) is 0 Å². The molecule has 5 nitrogen and oxygen atoms in total. The first-order chi connectivity index (χ1) is 7.86. The zero-order chi connectivity index (χ0) is 11.2. The van der Waals surface area contributed by atoms with Crippen molar-refractivity contribution >= 4 is 0 Å². The molecule has 0 saturated heterocycles. The third kappa shape index (κ3) is 2.93. The number of nitrogens with zero attached hydrogens (tertiary/aromatic N) is 4. The highest BCUT2D eigenvalue weighted by molar-refractivity contribution is 5.00. The molecule has 1 N–H and O–H groups in total. The molecule has 0 radical (unpaired) electrons. The third-order valence-corrected chi connectivity index (χ3v) is 2.56. The summed E-state index contributed by atoms with van der Waals surface area (Å²) in [5.74, 6) is 0. The molecule has 0 aliphatic heterocycles.